The van der Waals surface area contributed by atoms with E-state index in [-0.39, 0.29) is 11.5 Å². The average Bonchev–Trinajstić information content (AvgIpc) is 2.80. The molecule has 2 aliphatic heterocycles. The Hall–Kier alpha value is -2.94. The lowest BCUT2D eigenvalue weighted by Gasteiger charge is -2.35. The first-order valence-electron chi connectivity index (χ1n) is 10.7. The second-order valence-corrected chi connectivity index (χ2v) is 7.77. The van der Waals surface area contributed by atoms with Crippen LogP contribution in [0, 0.1) is 0 Å². The van der Waals surface area contributed by atoms with Crippen molar-refractivity contribution in [3.8, 4) is 0 Å². The number of hydrogen-bond acceptors (Lipinski definition) is 7. The first kappa shape index (κ1) is 20.3. The molecule has 0 radical (unpaired) electrons. The Morgan fingerprint density at radius 2 is 1.77 bits per heavy atom. The number of hydrogen-bond donors (Lipinski definition) is 2. The van der Waals surface area contributed by atoms with Crippen LogP contribution in [0.2, 0.25) is 0 Å². The summed E-state index contributed by atoms with van der Waals surface area (Å²) < 4.78 is 0. The van der Waals surface area contributed by atoms with Crippen molar-refractivity contribution < 1.29 is 4.79 Å². The molecule has 2 aromatic heterocycles. The van der Waals surface area contributed by atoms with E-state index in [1.54, 1.807) is 6.20 Å². The van der Waals surface area contributed by atoms with E-state index in [9.17, 15) is 9.59 Å². The second kappa shape index (κ2) is 9.71. The zero-order valence-corrected chi connectivity index (χ0v) is 17.2. The molecule has 1 amide bonds. The highest BCUT2D eigenvalue weighted by atomic mass is 16.2. The third kappa shape index (κ3) is 4.96. The van der Waals surface area contributed by atoms with Crippen molar-refractivity contribution in [1.29, 1.82) is 0 Å². The Morgan fingerprint density at radius 1 is 1.00 bits per heavy atom. The van der Waals surface area contributed by atoms with Gasteiger partial charge >= 0.3 is 0 Å². The average molecular weight is 412 g/mol. The molecule has 0 bridgehead atoms. The summed E-state index contributed by atoms with van der Waals surface area (Å²) in [4.78, 5) is 42.9. The molecule has 2 aromatic rings. The summed E-state index contributed by atoms with van der Waals surface area (Å²) in [6.07, 6.45) is 6.89. The number of likely N-dealkylation sites (tertiary alicyclic amines) is 1. The first-order chi connectivity index (χ1) is 14.7. The highest BCUT2D eigenvalue weighted by Crippen LogP contribution is 2.15. The number of aromatic nitrogens is 3. The molecule has 2 saturated heterocycles. The largest absolute Gasteiger partial charge is 0.353 e. The number of aromatic amines is 1. The van der Waals surface area contributed by atoms with Crippen LogP contribution in [0.4, 0.5) is 11.8 Å². The number of anilines is 2. The van der Waals surface area contributed by atoms with Crippen LogP contribution in [0.5, 0.6) is 0 Å². The number of nitrogens with one attached hydrogen (secondary N) is 2. The summed E-state index contributed by atoms with van der Waals surface area (Å²) >= 11 is 0. The van der Waals surface area contributed by atoms with E-state index in [0.717, 1.165) is 51.6 Å². The second-order valence-electron chi connectivity index (χ2n) is 7.77. The number of carbonyl (C=O) groups excluding carboxylic acids is 1. The smallest absolute Gasteiger partial charge is 0.265 e. The number of amides is 1. The number of rotatable bonds is 6. The predicted molar refractivity (Wildman–Crippen MR) is 116 cm³/mol. The summed E-state index contributed by atoms with van der Waals surface area (Å²) in [6, 6.07) is 5.87. The molecule has 2 fully saturated rings. The Balaban J connectivity index is 1.29. The molecule has 30 heavy (non-hydrogen) atoms. The number of carbonyl (C=O) groups is 1. The molecule has 4 rings (SSSR count). The van der Waals surface area contributed by atoms with Crippen LogP contribution in [0.15, 0.2) is 35.4 Å². The van der Waals surface area contributed by atoms with Gasteiger partial charge in [-0.3, -0.25) is 14.6 Å². The van der Waals surface area contributed by atoms with Gasteiger partial charge in [0.1, 0.15) is 11.4 Å². The van der Waals surface area contributed by atoms with Gasteiger partial charge in [0.05, 0.1) is 0 Å². The highest BCUT2D eigenvalue weighted by Gasteiger charge is 2.21. The Labute approximate surface area is 176 Å². The molecule has 0 aromatic carbocycles. The van der Waals surface area contributed by atoms with Crippen LogP contribution in [0.1, 0.15) is 29.6 Å². The van der Waals surface area contributed by atoms with Crippen LogP contribution in [-0.4, -0.2) is 78.1 Å². The Bertz CT molecular complexity index is 888. The van der Waals surface area contributed by atoms with Crippen molar-refractivity contribution in [3.05, 3.63) is 46.5 Å². The Kier molecular flexibility index (Phi) is 6.58. The van der Waals surface area contributed by atoms with Gasteiger partial charge in [-0.2, -0.15) is 0 Å². The number of piperazine rings is 1. The molecule has 4 heterocycles. The minimum Gasteiger partial charge on any atom is -0.353 e. The lowest BCUT2D eigenvalue weighted by atomic mass is 10.1. The van der Waals surface area contributed by atoms with Crippen LogP contribution < -0.4 is 20.7 Å². The fourth-order valence-corrected chi connectivity index (χ4v) is 4.00. The Morgan fingerprint density at radius 3 is 2.47 bits per heavy atom. The lowest BCUT2D eigenvalue weighted by Crippen LogP contribution is -2.48. The van der Waals surface area contributed by atoms with Crippen molar-refractivity contribution in [3.63, 3.8) is 0 Å². The minimum atomic E-state index is -0.400. The number of nitrogens with zero attached hydrogens (tertiary/aromatic N) is 5. The van der Waals surface area contributed by atoms with Gasteiger partial charge in [-0.25, -0.2) is 9.97 Å². The van der Waals surface area contributed by atoms with E-state index >= 15 is 0 Å². The monoisotopic (exact) mass is 411 g/mol. The van der Waals surface area contributed by atoms with Gasteiger partial charge in [-0.05, 0) is 38.1 Å². The maximum absolute atomic E-state index is 12.5. The molecule has 9 nitrogen and oxygen atoms in total. The molecule has 2 aliphatic rings. The van der Waals surface area contributed by atoms with Gasteiger partial charge in [-0.15, -0.1) is 0 Å². The molecule has 2 N–H and O–H groups in total. The highest BCUT2D eigenvalue weighted by molar-refractivity contribution is 5.93. The standard InChI is InChI=1S/C21H29N7O2/c29-19(23-8-11-26-9-4-1-5-10-26)17-16-24-21(25-20(17)30)28-14-12-27(13-15-28)18-6-2-3-7-22-18/h2-3,6-7,16H,1,4-5,8-15H2,(H,23,29)(H,24,25,30). The third-order valence-corrected chi connectivity index (χ3v) is 5.75. The van der Waals surface area contributed by atoms with Gasteiger partial charge in [0.25, 0.3) is 11.5 Å². The van der Waals surface area contributed by atoms with Crippen molar-refractivity contribution >= 4 is 17.7 Å². The van der Waals surface area contributed by atoms with Gasteiger partial charge < -0.3 is 20.0 Å². The summed E-state index contributed by atoms with van der Waals surface area (Å²) in [6.45, 7) is 6.55. The van der Waals surface area contributed by atoms with Gasteiger partial charge in [-0.1, -0.05) is 12.5 Å². The van der Waals surface area contributed by atoms with Crippen LogP contribution in [0.25, 0.3) is 0 Å². The van der Waals surface area contributed by atoms with E-state index in [1.165, 1.54) is 25.5 Å². The van der Waals surface area contributed by atoms with Crippen molar-refractivity contribution in [2.45, 2.75) is 19.3 Å². The lowest BCUT2D eigenvalue weighted by molar-refractivity contribution is 0.0944. The van der Waals surface area contributed by atoms with E-state index in [4.69, 9.17) is 0 Å². The molecular formula is C21H29N7O2. The van der Waals surface area contributed by atoms with Crippen molar-refractivity contribution in [2.24, 2.45) is 0 Å². The van der Waals surface area contributed by atoms with E-state index in [1.807, 2.05) is 23.1 Å². The van der Waals surface area contributed by atoms with E-state index in [0.29, 0.717) is 12.5 Å². The van der Waals surface area contributed by atoms with Gasteiger partial charge in [0.2, 0.25) is 5.95 Å². The molecule has 160 valence electrons. The minimum absolute atomic E-state index is 0.0597. The number of pyridine rings is 1. The first-order valence-corrected chi connectivity index (χ1v) is 10.7. The van der Waals surface area contributed by atoms with Crippen molar-refractivity contribution in [1.82, 2.24) is 25.2 Å². The molecule has 9 heteroatoms. The van der Waals surface area contributed by atoms with E-state index in [2.05, 4.69) is 30.1 Å². The molecule has 0 aliphatic carbocycles. The fourth-order valence-electron chi connectivity index (χ4n) is 4.00. The van der Waals surface area contributed by atoms with Crippen LogP contribution in [0.3, 0.4) is 0 Å². The third-order valence-electron chi connectivity index (χ3n) is 5.75. The number of H-pyrrole nitrogens is 1. The predicted octanol–water partition coefficient (Wildman–Crippen LogP) is 0.707. The van der Waals surface area contributed by atoms with Crippen LogP contribution in [-0.2, 0) is 0 Å². The van der Waals surface area contributed by atoms with Gasteiger partial charge in [0.15, 0.2) is 0 Å². The zero-order chi connectivity index (χ0) is 20.8. The van der Waals surface area contributed by atoms with Gasteiger partial charge in [0, 0.05) is 51.7 Å². The summed E-state index contributed by atoms with van der Waals surface area (Å²) in [5.41, 5.74) is -0.341. The topological polar surface area (TPSA) is 97.5 Å². The molecule has 0 spiro atoms. The summed E-state index contributed by atoms with van der Waals surface area (Å²) in [7, 11) is 0. The normalized spacial score (nSPS) is 17.7. The molecule has 0 atom stereocenters. The zero-order valence-electron chi connectivity index (χ0n) is 17.2. The van der Waals surface area contributed by atoms with Crippen LogP contribution >= 0.6 is 0 Å². The quantitative estimate of drug-likeness (QED) is 0.722. The van der Waals surface area contributed by atoms with E-state index < -0.39 is 5.56 Å². The summed E-state index contributed by atoms with van der Waals surface area (Å²) in [5.74, 6) is 1.09. The summed E-state index contributed by atoms with van der Waals surface area (Å²) in [5, 5.41) is 2.84. The maximum atomic E-state index is 12.5. The molecule has 0 unspecified atom stereocenters. The molecule has 0 saturated carbocycles. The van der Waals surface area contributed by atoms with Crippen molar-refractivity contribution in [2.75, 3.05) is 62.2 Å². The SMILES string of the molecule is O=C(NCCN1CCCCC1)c1cnc(N2CCN(c3ccccn3)CC2)[nH]c1=O. The molecular weight excluding hydrogens is 382 g/mol. The fraction of sp³-hybridized carbons (Fsp3) is 0.524. The number of piperidine rings is 1. The maximum Gasteiger partial charge on any atom is 0.265 e.